The summed E-state index contributed by atoms with van der Waals surface area (Å²) in [6.07, 6.45) is 7.30. The van der Waals surface area contributed by atoms with Gasteiger partial charge in [0.25, 0.3) is 0 Å². The van der Waals surface area contributed by atoms with Crippen LogP contribution < -0.4 is 11.0 Å². The van der Waals surface area contributed by atoms with Gasteiger partial charge in [-0.05, 0) is 12.8 Å². The van der Waals surface area contributed by atoms with Gasteiger partial charge in [-0.2, -0.15) is 5.10 Å². The molecule has 1 aliphatic carbocycles. The minimum Gasteiger partial charge on any atom is -0.379 e. The van der Waals surface area contributed by atoms with Gasteiger partial charge >= 0.3 is 5.69 Å². The molecule has 0 bridgehead atoms. The van der Waals surface area contributed by atoms with Crippen LogP contribution in [0.1, 0.15) is 32.1 Å². The molecule has 0 spiro atoms. The maximum absolute atomic E-state index is 12.3. The highest BCUT2D eigenvalue weighted by Crippen LogP contribution is 2.33. The Morgan fingerprint density at radius 1 is 1.29 bits per heavy atom. The zero-order valence-electron chi connectivity index (χ0n) is 14.4. The van der Waals surface area contributed by atoms with E-state index < -0.39 is 0 Å². The first-order valence-electron chi connectivity index (χ1n) is 8.79. The van der Waals surface area contributed by atoms with E-state index in [2.05, 4.69) is 15.3 Å². The van der Waals surface area contributed by atoms with Gasteiger partial charge in [-0.25, -0.2) is 9.48 Å². The second-order valence-corrected chi connectivity index (χ2v) is 6.83. The van der Waals surface area contributed by atoms with E-state index >= 15 is 0 Å². The monoisotopic (exact) mass is 337 g/mol. The molecule has 1 aromatic heterocycles. The highest BCUT2D eigenvalue weighted by atomic mass is 16.5. The first-order valence-corrected chi connectivity index (χ1v) is 8.79. The molecule has 0 aromatic carbocycles. The smallest absolute Gasteiger partial charge is 0.345 e. The zero-order chi connectivity index (χ0) is 17.0. The summed E-state index contributed by atoms with van der Waals surface area (Å²) in [6.45, 7) is 4.05. The largest absolute Gasteiger partial charge is 0.379 e. The molecule has 1 aliphatic heterocycles. The topological polar surface area (TPSA) is 81.4 Å². The van der Waals surface area contributed by atoms with Crippen molar-refractivity contribution in [2.45, 2.75) is 44.2 Å². The molecular weight excluding hydrogens is 310 g/mol. The van der Waals surface area contributed by atoms with Crippen molar-refractivity contribution in [3.8, 4) is 0 Å². The van der Waals surface area contributed by atoms with Gasteiger partial charge in [-0.1, -0.05) is 19.3 Å². The highest BCUT2D eigenvalue weighted by Gasteiger charge is 2.38. The van der Waals surface area contributed by atoms with Crippen molar-refractivity contribution in [3.63, 3.8) is 0 Å². The third kappa shape index (κ3) is 3.70. The molecule has 0 atom stereocenters. The summed E-state index contributed by atoms with van der Waals surface area (Å²) in [7, 11) is 1.58. The molecule has 1 aromatic rings. The molecule has 134 valence electrons. The zero-order valence-corrected chi connectivity index (χ0v) is 14.4. The summed E-state index contributed by atoms with van der Waals surface area (Å²) in [4.78, 5) is 26.6. The normalized spacial score (nSPS) is 21.5. The third-order valence-electron chi connectivity index (χ3n) is 5.28. The molecule has 1 saturated carbocycles. The van der Waals surface area contributed by atoms with Gasteiger partial charge in [-0.15, -0.1) is 0 Å². The van der Waals surface area contributed by atoms with Gasteiger partial charge in [-0.3, -0.25) is 14.3 Å². The molecule has 3 rings (SSSR count). The van der Waals surface area contributed by atoms with Crippen LogP contribution in [0.25, 0.3) is 0 Å². The molecule has 2 aliphatic rings. The molecule has 1 saturated heterocycles. The first-order chi connectivity index (χ1) is 11.6. The fourth-order valence-corrected chi connectivity index (χ4v) is 3.86. The third-order valence-corrected chi connectivity index (χ3v) is 5.28. The number of rotatable bonds is 5. The Bertz CT molecular complexity index is 611. The van der Waals surface area contributed by atoms with Gasteiger partial charge in [0, 0.05) is 32.2 Å². The number of ether oxygens (including phenoxy) is 1. The number of hydrogen-bond acceptors (Lipinski definition) is 5. The Kier molecular flexibility index (Phi) is 5.35. The summed E-state index contributed by atoms with van der Waals surface area (Å²) < 4.78 is 8.04. The van der Waals surface area contributed by atoms with Crippen LogP contribution in [0, 0.1) is 0 Å². The van der Waals surface area contributed by atoms with Crippen LogP contribution in [0.2, 0.25) is 0 Å². The fraction of sp³-hybridized carbons (Fsp3) is 0.812. The van der Waals surface area contributed by atoms with Crippen molar-refractivity contribution in [3.05, 3.63) is 16.8 Å². The van der Waals surface area contributed by atoms with Gasteiger partial charge in [0.05, 0.1) is 13.2 Å². The Morgan fingerprint density at radius 3 is 2.62 bits per heavy atom. The molecule has 1 N–H and O–H groups in total. The van der Waals surface area contributed by atoms with Gasteiger partial charge in [0.2, 0.25) is 5.91 Å². The van der Waals surface area contributed by atoms with E-state index in [1.807, 2.05) is 0 Å². The van der Waals surface area contributed by atoms with Crippen LogP contribution in [-0.4, -0.2) is 63.5 Å². The average Bonchev–Trinajstić information content (AvgIpc) is 2.94. The van der Waals surface area contributed by atoms with Crippen molar-refractivity contribution in [2.75, 3.05) is 32.8 Å². The first kappa shape index (κ1) is 17.2. The Labute approximate surface area is 141 Å². The van der Waals surface area contributed by atoms with Gasteiger partial charge < -0.3 is 10.1 Å². The number of nitrogens with one attached hydrogen (secondary N) is 1. The number of carbonyl (C=O) groups excluding carboxylic acids is 1. The van der Waals surface area contributed by atoms with Crippen molar-refractivity contribution >= 4 is 5.91 Å². The summed E-state index contributed by atoms with van der Waals surface area (Å²) >= 11 is 0. The summed E-state index contributed by atoms with van der Waals surface area (Å²) in [5, 5.41) is 6.93. The van der Waals surface area contributed by atoms with Crippen molar-refractivity contribution in [1.29, 1.82) is 0 Å². The van der Waals surface area contributed by atoms with E-state index in [9.17, 15) is 9.59 Å². The lowest BCUT2D eigenvalue weighted by atomic mass is 9.79. The van der Waals surface area contributed by atoms with E-state index in [4.69, 9.17) is 4.74 Å². The van der Waals surface area contributed by atoms with E-state index in [0.717, 1.165) is 39.1 Å². The standard InChI is InChI=1S/C16H27N5O3/c1-19-15(23)20(13-18-19)11-14(22)17-12-16(5-3-2-4-6-16)21-7-9-24-10-8-21/h13H,2-12H2,1H3,(H,17,22). The number of aromatic nitrogens is 3. The van der Waals surface area contributed by atoms with Crippen molar-refractivity contribution in [2.24, 2.45) is 7.05 Å². The molecule has 8 nitrogen and oxygen atoms in total. The average molecular weight is 337 g/mol. The molecule has 2 heterocycles. The Morgan fingerprint density at radius 2 is 2.00 bits per heavy atom. The summed E-state index contributed by atoms with van der Waals surface area (Å²) in [5.74, 6) is -0.136. The second kappa shape index (κ2) is 7.48. The van der Waals surface area contributed by atoms with E-state index in [-0.39, 0.29) is 23.7 Å². The number of hydrogen-bond donors (Lipinski definition) is 1. The molecule has 24 heavy (non-hydrogen) atoms. The minimum absolute atomic E-state index is 0.0197. The molecule has 8 heteroatoms. The van der Waals surface area contributed by atoms with Gasteiger partial charge in [0.15, 0.2) is 0 Å². The predicted molar refractivity (Wildman–Crippen MR) is 88.7 cm³/mol. The van der Waals surface area contributed by atoms with Crippen molar-refractivity contribution < 1.29 is 9.53 Å². The molecule has 0 radical (unpaired) electrons. The summed E-state index contributed by atoms with van der Waals surface area (Å²) in [6, 6.07) is 0. The van der Waals surface area contributed by atoms with Crippen LogP contribution >= 0.6 is 0 Å². The lowest BCUT2D eigenvalue weighted by molar-refractivity contribution is -0.123. The van der Waals surface area contributed by atoms with E-state index in [0.29, 0.717) is 6.54 Å². The van der Waals surface area contributed by atoms with Gasteiger partial charge in [0.1, 0.15) is 12.9 Å². The highest BCUT2D eigenvalue weighted by molar-refractivity contribution is 5.75. The lowest BCUT2D eigenvalue weighted by Gasteiger charge is -2.48. The fourth-order valence-electron chi connectivity index (χ4n) is 3.86. The number of carbonyl (C=O) groups is 1. The molecule has 2 fully saturated rings. The predicted octanol–water partition coefficient (Wildman–Crippen LogP) is -0.267. The van der Waals surface area contributed by atoms with Crippen LogP contribution in [0.15, 0.2) is 11.1 Å². The quantitative estimate of drug-likeness (QED) is 0.800. The number of morpholine rings is 1. The minimum atomic E-state index is -0.272. The Balaban J connectivity index is 1.61. The lowest BCUT2D eigenvalue weighted by Crippen LogP contribution is -2.59. The molecular formula is C16H27N5O3. The van der Waals surface area contributed by atoms with E-state index in [1.165, 1.54) is 34.8 Å². The molecule has 0 unspecified atom stereocenters. The Hall–Kier alpha value is -1.67. The van der Waals surface area contributed by atoms with Crippen molar-refractivity contribution in [1.82, 2.24) is 24.6 Å². The van der Waals surface area contributed by atoms with E-state index in [1.54, 1.807) is 7.05 Å². The van der Waals surface area contributed by atoms with Crippen LogP contribution in [0.4, 0.5) is 0 Å². The van der Waals surface area contributed by atoms with Crippen LogP contribution in [-0.2, 0) is 23.1 Å². The number of nitrogens with zero attached hydrogens (tertiary/aromatic N) is 4. The number of aryl methyl sites for hydroxylation is 1. The number of amides is 1. The second-order valence-electron chi connectivity index (χ2n) is 6.83. The maximum atomic E-state index is 12.3. The van der Waals surface area contributed by atoms with Crippen LogP contribution in [0.3, 0.4) is 0 Å². The SMILES string of the molecule is Cn1ncn(CC(=O)NCC2(N3CCOCC3)CCCCC2)c1=O. The van der Waals surface area contributed by atoms with Crippen LogP contribution in [0.5, 0.6) is 0 Å². The maximum Gasteiger partial charge on any atom is 0.345 e. The summed E-state index contributed by atoms with van der Waals surface area (Å²) in [5.41, 5.74) is -0.233. The molecule has 1 amide bonds.